The van der Waals surface area contributed by atoms with Gasteiger partial charge in [0.05, 0.1) is 39.4 Å². The number of anilines is 1. The predicted molar refractivity (Wildman–Crippen MR) is 138 cm³/mol. The highest BCUT2D eigenvalue weighted by molar-refractivity contribution is 6.33. The molecule has 0 radical (unpaired) electrons. The van der Waals surface area contributed by atoms with Crippen molar-refractivity contribution in [2.75, 3.05) is 5.32 Å². The molecule has 182 valence electrons. The van der Waals surface area contributed by atoms with Crippen molar-refractivity contribution in [3.63, 3.8) is 0 Å². The highest BCUT2D eigenvalue weighted by atomic mass is 35.5. The summed E-state index contributed by atoms with van der Waals surface area (Å²) >= 11 is 6.24. The standard InChI is InChI=1S/C25H28ClFN8/c1-14-20(13-34(2)33-14)15-9-23-24(31-18-6-4-17(28)5-7-18)19(11-30-35(23)12-15)25(29)32-22-10-16(27)3-8-21(22)26/h3,8-13,17-18,31H,4-7,28H2,1-2H3,(H2,29,32)/t17-,18-. The lowest BCUT2D eigenvalue weighted by Crippen LogP contribution is -2.33. The van der Waals surface area contributed by atoms with Gasteiger partial charge in [-0.25, -0.2) is 13.9 Å². The van der Waals surface area contributed by atoms with Crippen LogP contribution < -0.4 is 16.8 Å². The zero-order valence-electron chi connectivity index (χ0n) is 19.7. The lowest BCUT2D eigenvalue weighted by Gasteiger charge is -2.28. The fourth-order valence-electron chi connectivity index (χ4n) is 4.66. The molecule has 0 amide bonds. The van der Waals surface area contributed by atoms with Gasteiger partial charge in [-0.05, 0) is 50.8 Å². The third-order valence-corrected chi connectivity index (χ3v) is 6.83. The first-order chi connectivity index (χ1) is 16.8. The van der Waals surface area contributed by atoms with Crippen molar-refractivity contribution in [2.24, 2.45) is 23.5 Å². The number of amidine groups is 1. The molecule has 8 nitrogen and oxygen atoms in total. The average Bonchev–Trinajstić information content (AvgIpc) is 3.40. The molecule has 4 aromatic rings. The lowest BCUT2D eigenvalue weighted by atomic mass is 9.91. The van der Waals surface area contributed by atoms with E-state index >= 15 is 0 Å². The third kappa shape index (κ3) is 4.74. The topological polar surface area (TPSA) is 112 Å². The molecular weight excluding hydrogens is 467 g/mol. The Bertz CT molecular complexity index is 1410. The molecule has 0 aliphatic heterocycles. The van der Waals surface area contributed by atoms with Crippen molar-refractivity contribution in [1.29, 1.82) is 0 Å². The number of fused-ring (bicyclic) bond motifs is 1. The molecule has 0 spiro atoms. The normalized spacial score (nSPS) is 18.8. The molecule has 1 aliphatic rings. The van der Waals surface area contributed by atoms with Crippen LogP contribution in [0.2, 0.25) is 5.02 Å². The Kier molecular flexibility index (Phi) is 6.21. The van der Waals surface area contributed by atoms with E-state index in [4.69, 9.17) is 23.1 Å². The molecule has 1 fully saturated rings. The maximum atomic E-state index is 13.8. The Morgan fingerprint density at radius 2 is 1.97 bits per heavy atom. The number of nitrogens with zero attached hydrogens (tertiary/aromatic N) is 5. The van der Waals surface area contributed by atoms with Gasteiger partial charge in [-0.1, -0.05) is 11.6 Å². The number of hydrogen-bond donors (Lipinski definition) is 3. The van der Waals surface area contributed by atoms with Crippen LogP contribution in [0.15, 0.2) is 47.8 Å². The summed E-state index contributed by atoms with van der Waals surface area (Å²) in [5.74, 6) is -0.239. The number of nitrogens with two attached hydrogens (primary N) is 2. The number of aromatic nitrogens is 4. The highest BCUT2D eigenvalue weighted by Crippen LogP contribution is 2.33. The molecule has 5 rings (SSSR count). The van der Waals surface area contributed by atoms with Gasteiger partial charge in [0, 0.05) is 48.7 Å². The maximum Gasteiger partial charge on any atom is 0.135 e. The monoisotopic (exact) mass is 494 g/mol. The zero-order valence-corrected chi connectivity index (χ0v) is 20.4. The van der Waals surface area contributed by atoms with E-state index in [1.165, 1.54) is 18.2 Å². The van der Waals surface area contributed by atoms with Crippen LogP contribution in [0.1, 0.15) is 36.9 Å². The highest BCUT2D eigenvalue weighted by Gasteiger charge is 2.22. The van der Waals surface area contributed by atoms with Gasteiger partial charge in [0.25, 0.3) is 0 Å². The van der Waals surface area contributed by atoms with E-state index in [1.54, 1.807) is 10.9 Å². The summed E-state index contributed by atoms with van der Waals surface area (Å²) in [4.78, 5) is 4.44. The van der Waals surface area contributed by atoms with Crippen molar-refractivity contribution in [2.45, 2.75) is 44.7 Å². The number of hydrogen-bond acceptors (Lipinski definition) is 5. The molecule has 1 aliphatic carbocycles. The first kappa shape index (κ1) is 23.3. The summed E-state index contributed by atoms with van der Waals surface area (Å²) in [7, 11) is 1.90. The van der Waals surface area contributed by atoms with E-state index < -0.39 is 5.82 Å². The van der Waals surface area contributed by atoms with Crippen LogP contribution in [0.25, 0.3) is 16.6 Å². The Morgan fingerprint density at radius 1 is 1.20 bits per heavy atom. The number of rotatable bonds is 5. The van der Waals surface area contributed by atoms with E-state index in [0.29, 0.717) is 10.6 Å². The zero-order chi connectivity index (χ0) is 24.7. The number of benzene rings is 1. The first-order valence-corrected chi connectivity index (χ1v) is 12.0. The maximum absolute atomic E-state index is 13.8. The minimum atomic E-state index is -0.436. The quantitative estimate of drug-likeness (QED) is 0.278. The van der Waals surface area contributed by atoms with Crippen LogP contribution in [0.5, 0.6) is 0 Å². The molecule has 0 unspecified atom stereocenters. The number of halogens is 2. The Hall–Kier alpha value is -3.43. The van der Waals surface area contributed by atoms with Crippen molar-refractivity contribution >= 4 is 34.3 Å². The molecule has 3 heterocycles. The van der Waals surface area contributed by atoms with E-state index in [-0.39, 0.29) is 23.6 Å². The molecule has 1 aromatic carbocycles. The lowest BCUT2D eigenvalue weighted by molar-refractivity contribution is 0.411. The molecule has 35 heavy (non-hydrogen) atoms. The Morgan fingerprint density at radius 3 is 2.69 bits per heavy atom. The van der Waals surface area contributed by atoms with Crippen LogP contribution in [0.3, 0.4) is 0 Å². The second-order valence-corrected chi connectivity index (χ2v) is 9.55. The summed E-state index contributed by atoms with van der Waals surface area (Å²) in [5.41, 5.74) is 18.1. The smallest absolute Gasteiger partial charge is 0.135 e. The average molecular weight is 495 g/mol. The fraction of sp³-hybridized carbons (Fsp3) is 0.320. The second kappa shape index (κ2) is 9.31. The molecular formula is C25H28ClFN8. The van der Waals surface area contributed by atoms with E-state index in [2.05, 4.69) is 26.6 Å². The SMILES string of the molecule is Cc1nn(C)cc1-c1cc2c(N[C@H]3CC[C@H](N)CC3)c(/C(N)=N/c3cc(F)ccc3Cl)cnn2c1. The molecule has 10 heteroatoms. The minimum absolute atomic E-state index is 0.197. The van der Waals surface area contributed by atoms with Crippen LogP contribution in [-0.4, -0.2) is 37.3 Å². The number of aryl methyl sites for hydroxylation is 2. The van der Waals surface area contributed by atoms with Gasteiger partial charge in [-0.2, -0.15) is 10.2 Å². The van der Waals surface area contributed by atoms with Gasteiger partial charge >= 0.3 is 0 Å². The molecule has 3 aromatic heterocycles. The summed E-state index contributed by atoms with van der Waals surface area (Å²) in [6.45, 7) is 1.98. The summed E-state index contributed by atoms with van der Waals surface area (Å²) in [6, 6.07) is 6.56. The van der Waals surface area contributed by atoms with Gasteiger partial charge < -0.3 is 16.8 Å². The summed E-state index contributed by atoms with van der Waals surface area (Å²) in [5, 5.41) is 13.1. The van der Waals surface area contributed by atoms with Gasteiger partial charge in [0.1, 0.15) is 11.7 Å². The van der Waals surface area contributed by atoms with Crippen molar-refractivity contribution in [3.8, 4) is 11.1 Å². The van der Waals surface area contributed by atoms with E-state index in [9.17, 15) is 4.39 Å². The predicted octanol–water partition coefficient (Wildman–Crippen LogP) is 4.55. The van der Waals surface area contributed by atoms with Crippen molar-refractivity contribution in [3.05, 3.63) is 65.0 Å². The summed E-state index contributed by atoms with van der Waals surface area (Å²) < 4.78 is 17.4. The molecule has 0 saturated heterocycles. The third-order valence-electron chi connectivity index (χ3n) is 6.51. The Balaban J connectivity index is 1.62. The number of aliphatic imine (C=N–C) groups is 1. The van der Waals surface area contributed by atoms with E-state index in [1.807, 2.05) is 30.9 Å². The molecule has 1 saturated carbocycles. The Labute approximate surface area is 207 Å². The molecule has 0 bridgehead atoms. The first-order valence-electron chi connectivity index (χ1n) is 11.6. The molecule has 5 N–H and O–H groups in total. The van der Waals surface area contributed by atoms with Gasteiger partial charge in [0.15, 0.2) is 0 Å². The van der Waals surface area contributed by atoms with Crippen LogP contribution in [0, 0.1) is 12.7 Å². The largest absolute Gasteiger partial charge is 0.383 e. The van der Waals surface area contributed by atoms with Crippen LogP contribution >= 0.6 is 11.6 Å². The van der Waals surface area contributed by atoms with Crippen molar-refractivity contribution < 1.29 is 4.39 Å². The number of nitrogens with one attached hydrogen (secondary N) is 1. The molecule has 0 atom stereocenters. The van der Waals surface area contributed by atoms with Crippen LogP contribution in [-0.2, 0) is 7.05 Å². The van der Waals surface area contributed by atoms with E-state index in [0.717, 1.165) is 53.7 Å². The van der Waals surface area contributed by atoms with Crippen LogP contribution in [0.4, 0.5) is 15.8 Å². The van der Waals surface area contributed by atoms with Gasteiger partial charge in [-0.3, -0.25) is 4.68 Å². The van der Waals surface area contributed by atoms with Gasteiger partial charge in [0.2, 0.25) is 0 Å². The fourth-order valence-corrected chi connectivity index (χ4v) is 4.82. The summed E-state index contributed by atoms with van der Waals surface area (Å²) in [6.07, 6.45) is 9.46. The van der Waals surface area contributed by atoms with Gasteiger partial charge in [-0.15, -0.1) is 0 Å². The minimum Gasteiger partial charge on any atom is -0.383 e. The second-order valence-electron chi connectivity index (χ2n) is 9.14. The van der Waals surface area contributed by atoms with Crippen molar-refractivity contribution in [1.82, 2.24) is 19.4 Å².